The summed E-state index contributed by atoms with van der Waals surface area (Å²) < 4.78 is 0. The number of hydrogen-bond acceptors (Lipinski definition) is 9. The Balaban J connectivity index is 1.78. The molecule has 1 fully saturated rings. The molecule has 0 unspecified atom stereocenters. The molecule has 0 saturated carbocycles. The van der Waals surface area contributed by atoms with E-state index >= 15 is 0 Å². The zero-order valence-electron chi connectivity index (χ0n) is 15.0. The average molecular weight is 419 g/mol. The van der Waals surface area contributed by atoms with Gasteiger partial charge in [0.05, 0.1) is 17.2 Å². The van der Waals surface area contributed by atoms with E-state index in [1.807, 2.05) is 6.07 Å². The lowest BCUT2D eigenvalue weighted by atomic mass is 10.2. The van der Waals surface area contributed by atoms with Gasteiger partial charge in [-0.15, -0.1) is 11.3 Å². The van der Waals surface area contributed by atoms with Crippen molar-refractivity contribution in [3.05, 3.63) is 47.1 Å². The van der Waals surface area contributed by atoms with Crippen molar-refractivity contribution in [1.29, 1.82) is 0 Å². The van der Waals surface area contributed by atoms with Gasteiger partial charge in [-0.25, -0.2) is 0 Å². The lowest BCUT2D eigenvalue weighted by molar-refractivity contribution is -0.120. The number of thiophene rings is 1. The van der Waals surface area contributed by atoms with Crippen LogP contribution in [0.3, 0.4) is 0 Å². The molecule has 2 N–H and O–H groups in total. The molecule has 2 amide bonds. The van der Waals surface area contributed by atoms with Crippen molar-refractivity contribution in [2.24, 2.45) is 5.16 Å². The Labute approximate surface area is 169 Å². The smallest absolute Gasteiger partial charge is 0.288 e. The Kier molecular flexibility index (Phi) is 6.39. The summed E-state index contributed by atoms with van der Waals surface area (Å²) >= 11 is 2.35. The molecule has 1 aliphatic heterocycles. The van der Waals surface area contributed by atoms with Gasteiger partial charge in [-0.3, -0.25) is 24.8 Å². The number of aromatic nitrogens is 1. The van der Waals surface area contributed by atoms with Gasteiger partial charge in [0, 0.05) is 24.1 Å². The topological polar surface area (TPSA) is 113 Å². The van der Waals surface area contributed by atoms with Crippen LogP contribution >= 0.6 is 23.1 Å². The number of carbonyl (C=O) groups excluding carboxylic acids is 3. The van der Waals surface area contributed by atoms with Gasteiger partial charge in [0.15, 0.2) is 5.71 Å². The third-order valence-electron chi connectivity index (χ3n) is 3.58. The van der Waals surface area contributed by atoms with Gasteiger partial charge in [-0.05, 0) is 18.2 Å². The summed E-state index contributed by atoms with van der Waals surface area (Å²) in [6.07, 6.45) is 1.63. The molecule has 0 aromatic carbocycles. The maximum atomic E-state index is 12.8. The van der Waals surface area contributed by atoms with Crippen LogP contribution in [0.4, 0.5) is 5.00 Å². The van der Waals surface area contributed by atoms with Gasteiger partial charge in [-0.2, -0.15) is 5.01 Å². The second-order valence-electron chi connectivity index (χ2n) is 5.67. The fraction of sp³-hybridized carbons (Fsp3) is 0.235. The van der Waals surface area contributed by atoms with Crippen molar-refractivity contribution in [1.82, 2.24) is 15.4 Å². The number of pyridine rings is 1. The highest BCUT2D eigenvalue weighted by molar-refractivity contribution is 8.14. The van der Waals surface area contributed by atoms with E-state index in [0.29, 0.717) is 16.3 Å². The lowest BCUT2D eigenvalue weighted by Gasteiger charge is -2.22. The quantitative estimate of drug-likeness (QED) is 0.542. The third kappa shape index (κ3) is 4.74. The van der Waals surface area contributed by atoms with E-state index in [1.165, 1.54) is 30.4 Å². The fourth-order valence-corrected chi connectivity index (χ4v) is 4.30. The molecule has 28 heavy (non-hydrogen) atoms. The van der Waals surface area contributed by atoms with Gasteiger partial charge >= 0.3 is 0 Å². The molecule has 1 atom stereocenters. The van der Waals surface area contributed by atoms with Crippen LogP contribution in [0.5, 0.6) is 0 Å². The number of nitrogens with one attached hydrogen (secondary N) is 2. The zero-order chi connectivity index (χ0) is 20.1. The van der Waals surface area contributed by atoms with Crippen LogP contribution < -0.4 is 10.7 Å². The van der Waals surface area contributed by atoms with Crippen molar-refractivity contribution in [2.45, 2.75) is 12.3 Å². The number of hydrazine groups is 1. The molecule has 1 saturated heterocycles. The molecule has 0 spiro atoms. The molecule has 1 aliphatic rings. The first-order valence-electron chi connectivity index (χ1n) is 8.13. The summed E-state index contributed by atoms with van der Waals surface area (Å²) in [6, 6.07) is 7.01. The van der Waals surface area contributed by atoms with Crippen molar-refractivity contribution in [3.8, 4) is 0 Å². The van der Waals surface area contributed by atoms with Crippen LogP contribution in [0.25, 0.3) is 0 Å². The standard InChI is InChI=1S/C17H17N5O4S2/c1-10(23)19-13-7-11(9-27-13)15(21-26-2)16(25)20-22-8-14(24)28-17(22)12-5-3-4-6-18-12/h3-7,9,17H,8H2,1-2H3,(H,19,23)(H,20,25)/b21-15+/t17-/m1/s1. The molecule has 0 aliphatic carbocycles. The minimum absolute atomic E-state index is 0.0273. The van der Waals surface area contributed by atoms with Gasteiger partial charge < -0.3 is 10.2 Å². The first-order valence-corrected chi connectivity index (χ1v) is 9.89. The number of thioether (sulfide) groups is 1. The summed E-state index contributed by atoms with van der Waals surface area (Å²) in [5.41, 5.74) is 3.88. The lowest BCUT2D eigenvalue weighted by Crippen LogP contribution is -2.45. The third-order valence-corrected chi connectivity index (χ3v) is 5.54. The van der Waals surface area contributed by atoms with E-state index in [4.69, 9.17) is 4.84 Å². The van der Waals surface area contributed by atoms with Crippen LogP contribution in [0.2, 0.25) is 0 Å². The zero-order valence-corrected chi connectivity index (χ0v) is 16.7. The Morgan fingerprint density at radius 1 is 1.39 bits per heavy atom. The SMILES string of the molecule is CO/N=C(/C(=O)NN1CC(=O)S[C@@H]1c1ccccn1)c1csc(NC(C)=O)c1. The molecule has 146 valence electrons. The maximum Gasteiger partial charge on any atom is 0.288 e. The maximum absolute atomic E-state index is 12.8. The Morgan fingerprint density at radius 3 is 2.89 bits per heavy atom. The predicted molar refractivity (Wildman–Crippen MR) is 107 cm³/mol. The Bertz CT molecular complexity index is 915. The molecule has 11 heteroatoms. The normalized spacial score (nSPS) is 17.4. The van der Waals surface area contributed by atoms with Crippen LogP contribution in [-0.4, -0.2) is 46.3 Å². The highest BCUT2D eigenvalue weighted by Gasteiger charge is 2.35. The van der Waals surface area contributed by atoms with E-state index in [2.05, 4.69) is 20.9 Å². The number of carbonyl (C=O) groups is 3. The average Bonchev–Trinajstić information content (AvgIpc) is 3.26. The summed E-state index contributed by atoms with van der Waals surface area (Å²) in [4.78, 5) is 45.0. The first kappa shape index (κ1) is 20.0. The highest BCUT2D eigenvalue weighted by Crippen LogP contribution is 2.36. The summed E-state index contributed by atoms with van der Waals surface area (Å²) in [7, 11) is 1.33. The molecule has 0 radical (unpaired) electrons. The second kappa shape index (κ2) is 8.95. The second-order valence-corrected chi connectivity index (χ2v) is 7.72. The van der Waals surface area contributed by atoms with Gasteiger partial charge in [-0.1, -0.05) is 23.0 Å². The van der Waals surface area contributed by atoms with Crippen molar-refractivity contribution in [3.63, 3.8) is 0 Å². The first-order chi connectivity index (χ1) is 13.5. The van der Waals surface area contributed by atoms with E-state index < -0.39 is 11.3 Å². The van der Waals surface area contributed by atoms with Crippen LogP contribution in [0.1, 0.15) is 23.6 Å². The molecule has 2 aromatic rings. The van der Waals surface area contributed by atoms with E-state index in [9.17, 15) is 14.4 Å². The fourth-order valence-electron chi connectivity index (χ4n) is 2.49. The predicted octanol–water partition coefficient (Wildman–Crippen LogP) is 1.76. The van der Waals surface area contributed by atoms with Crippen LogP contribution in [0.15, 0.2) is 41.0 Å². The molecule has 0 bridgehead atoms. The van der Waals surface area contributed by atoms with E-state index in [-0.39, 0.29) is 23.3 Å². The van der Waals surface area contributed by atoms with Crippen LogP contribution in [0, 0.1) is 0 Å². The number of nitrogens with zero attached hydrogens (tertiary/aromatic N) is 3. The molecular formula is C17H17N5O4S2. The summed E-state index contributed by atoms with van der Waals surface area (Å²) in [6.45, 7) is 1.44. The van der Waals surface area contributed by atoms with E-state index in [0.717, 1.165) is 11.8 Å². The van der Waals surface area contributed by atoms with Crippen molar-refractivity contribution < 1.29 is 19.2 Å². The largest absolute Gasteiger partial charge is 0.398 e. The monoisotopic (exact) mass is 419 g/mol. The number of oxime groups is 1. The molecule has 9 nitrogen and oxygen atoms in total. The Hall–Kier alpha value is -2.76. The number of rotatable bonds is 6. The van der Waals surface area contributed by atoms with Crippen molar-refractivity contribution in [2.75, 3.05) is 19.0 Å². The summed E-state index contributed by atoms with van der Waals surface area (Å²) in [5.74, 6) is -0.751. The minimum Gasteiger partial charge on any atom is -0.398 e. The van der Waals surface area contributed by atoms with E-state index in [1.54, 1.807) is 29.8 Å². The molecular weight excluding hydrogens is 402 g/mol. The number of amides is 2. The molecule has 3 rings (SSSR count). The van der Waals surface area contributed by atoms with Crippen LogP contribution in [-0.2, 0) is 19.2 Å². The molecule has 2 aromatic heterocycles. The van der Waals surface area contributed by atoms with Gasteiger partial charge in [0.25, 0.3) is 5.91 Å². The number of hydrogen-bond donors (Lipinski definition) is 2. The van der Waals surface area contributed by atoms with Gasteiger partial charge in [0.1, 0.15) is 12.5 Å². The van der Waals surface area contributed by atoms with Crippen molar-refractivity contribution >= 4 is 50.7 Å². The highest BCUT2D eigenvalue weighted by atomic mass is 32.2. The minimum atomic E-state index is -0.537. The van der Waals surface area contributed by atoms with Gasteiger partial charge in [0.2, 0.25) is 11.0 Å². The Morgan fingerprint density at radius 2 is 2.21 bits per heavy atom. The number of anilines is 1. The summed E-state index contributed by atoms with van der Waals surface area (Å²) in [5, 5.41) is 9.74. The molecule has 3 heterocycles.